The SMILES string of the molecule is Cc1[nH]c(C(=O)O)c(C)c1C(=O)NCCn1ccnc1. The molecule has 7 nitrogen and oxygen atoms in total. The molecule has 106 valence electrons. The van der Waals surface area contributed by atoms with Crippen molar-refractivity contribution in [2.24, 2.45) is 0 Å². The highest BCUT2D eigenvalue weighted by Crippen LogP contribution is 2.17. The van der Waals surface area contributed by atoms with Gasteiger partial charge in [-0.15, -0.1) is 0 Å². The number of aryl methyl sites for hydroxylation is 1. The summed E-state index contributed by atoms with van der Waals surface area (Å²) in [5, 5.41) is 11.8. The Hall–Kier alpha value is -2.57. The van der Waals surface area contributed by atoms with Gasteiger partial charge < -0.3 is 20.0 Å². The Morgan fingerprint density at radius 2 is 2.20 bits per heavy atom. The number of carbonyl (C=O) groups is 2. The van der Waals surface area contributed by atoms with E-state index in [1.165, 1.54) is 0 Å². The molecule has 3 N–H and O–H groups in total. The summed E-state index contributed by atoms with van der Waals surface area (Å²) in [7, 11) is 0. The summed E-state index contributed by atoms with van der Waals surface area (Å²) >= 11 is 0. The van der Waals surface area contributed by atoms with Crippen LogP contribution >= 0.6 is 0 Å². The minimum absolute atomic E-state index is 0.0576. The van der Waals surface area contributed by atoms with Crippen LogP contribution in [0.4, 0.5) is 0 Å². The summed E-state index contributed by atoms with van der Waals surface area (Å²) in [6.45, 7) is 4.36. The van der Waals surface area contributed by atoms with E-state index in [4.69, 9.17) is 5.11 Å². The van der Waals surface area contributed by atoms with Crippen molar-refractivity contribution >= 4 is 11.9 Å². The minimum atomic E-state index is -1.07. The number of carboxylic acid groups (broad SMARTS) is 1. The highest BCUT2D eigenvalue weighted by Gasteiger charge is 2.21. The van der Waals surface area contributed by atoms with Crippen LogP contribution in [0.5, 0.6) is 0 Å². The Kier molecular flexibility index (Phi) is 3.88. The maximum absolute atomic E-state index is 12.1. The van der Waals surface area contributed by atoms with Gasteiger partial charge in [0.1, 0.15) is 5.69 Å². The van der Waals surface area contributed by atoms with Crippen LogP contribution in [0, 0.1) is 13.8 Å². The number of imidazole rings is 1. The van der Waals surface area contributed by atoms with Gasteiger partial charge in [0.25, 0.3) is 5.91 Å². The second-order valence-corrected chi connectivity index (χ2v) is 4.49. The van der Waals surface area contributed by atoms with Crippen molar-refractivity contribution < 1.29 is 14.7 Å². The maximum Gasteiger partial charge on any atom is 0.352 e. The molecule has 0 radical (unpaired) electrons. The lowest BCUT2D eigenvalue weighted by Crippen LogP contribution is -2.27. The summed E-state index contributed by atoms with van der Waals surface area (Å²) in [5.74, 6) is -1.34. The van der Waals surface area contributed by atoms with Crippen LogP contribution in [-0.2, 0) is 6.54 Å². The standard InChI is InChI=1S/C13H16N4O3/c1-8-10(9(2)16-11(8)13(19)20)12(18)15-4-6-17-5-3-14-7-17/h3,5,7,16H,4,6H2,1-2H3,(H,15,18)(H,19,20). The molecule has 0 saturated carbocycles. The van der Waals surface area contributed by atoms with Crippen molar-refractivity contribution in [3.63, 3.8) is 0 Å². The van der Waals surface area contributed by atoms with Crippen LogP contribution in [0.3, 0.4) is 0 Å². The molecule has 0 aromatic carbocycles. The fourth-order valence-corrected chi connectivity index (χ4v) is 2.11. The highest BCUT2D eigenvalue weighted by atomic mass is 16.4. The van der Waals surface area contributed by atoms with Gasteiger partial charge in [0.15, 0.2) is 0 Å². The molecule has 0 aliphatic carbocycles. The van der Waals surface area contributed by atoms with E-state index < -0.39 is 5.97 Å². The summed E-state index contributed by atoms with van der Waals surface area (Å²) in [5.41, 5.74) is 1.46. The first-order valence-electron chi connectivity index (χ1n) is 6.17. The number of carbonyl (C=O) groups excluding carboxylic acids is 1. The normalized spacial score (nSPS) is 10.5. The first-order chi connectivity index (χ1) is 9.50. The molecular weight excluding hydrogens is 260 g/mol. The first-order valence-corrected chi connectivity index (χ1v) is 6.17. The Morgan fingerprint density at radius 3 is 2.75 bits per heavy atom. The van der Waals surface area contributed by atoms with Gasteiger partial charge in [0.05, 0.1) is 11.9 Å². The molecule has 20 heavy (non-hydrogen) atoms. The van der Waals surface area contributed by atoms with Gasteiger partial charge in [-0.05, 0) is 19.4 Å². The number of amides is 1. The van der Waals surface area contributed by atoms with Gasteiger partial charge in [-0.3, -0.25) is 4.79 Å². The van der Waals surface area contributed by atoms with Gasteiger partial charge in [0.2, 0.25) is 0 Å². The number of hydrogen-bond acceptors (Lipinski definition) is 3. The number of H-pyrrole nitrogens is 1. The molecule has 7 heteroatoms. The van der Waals surface area contributed by atoms with Crippen molar-refractivity contribution in [3.8, 4) is 0 Å². The molecule has 1 amide bonds. The van der Waals surface area contributed by atoms with Crippen molar-refractivity contribution in [2.45, 2.75) is 20.4 Å². The Labute approximate surface area is 115 Å². The van der Waals surface area contributed by atoms with E-state index >= 15 is 0 Å². The molecular formula is C13H16N4O3. The summed E-state index contributed by atoms with van der Waals surface area (Å²) in [6, 6.07) is 0. The van der Waals surface area contributed by atoms with Gasteiger partial charge in [-0.25, -0.2) is 9.78 Å². The van der Waals surface area contributed by atoms with Gasteiger partial charge in [0, 0.05) is 31.2 Å². The molecule has 0 atom stereocenters. The average Bonchev–Trinajstić information content (AvgIpc) is 2.97. The van der Waals surface area contributed by atoms with Crippen molar-refractivity contribution in [3.05, 3.63) is 41.2 Å². The molecule has 2 aromatic rings. The van der Waals surface area contributed by atoms with E-state index in [0.29, 0.717) is 29.9 Å². The third-order valence-electron chi connectivity index (χ3n) is 3.09. The summed E-state index contributed by atoms with van der Waals surface area (Å²) in [4.78, 5) is 29.7. The molecule has 0 aliphatic rings. The molecule has 0 saturated heterocycles. The van der Waals surface area contributed by atoms with Crippen molar-refractivity contribution in [1.29, 1.82) is 0 Å². The van der Waals surface area contributed by atoms with E-state index in [0.717, 1.165) is 0 Å². The van der Waals surface area contributed by atoms with Crippen LogP contribution in [-0.4, -0.2) is 38.1 Å². The topological polar surface area (TPSA) is 100 Å². The first kappa shape index (κ1) is 13.9. The smallest absolute Gasteiger partial charge is 0.352 e. The Morgan fingerprint density at radius 1 is 1.45 bits per heavy atom. The van der Waals surface area contributed by atoms with Crippen LogP contribution in [0.2, 0.25) is 0 Å². The zero-order chi connectivity index (χ0) is 14.7. The fraction of sp³-hybridized carbons (Fsp3) is 0.308. The minimum Gasteiger partial charge on any atom is -0.477 e. The Balaban J connectivity index is 2.04. The van der Waals surface area contributed by atoms with E-state index in [1.807, 2.05) is 10.8 Å². The van der Waals surface area contributed by atoms with E-state index in [-0.39, 0.29) is 11.6 Å². The number of rotatable bonds is 5. The van der Waals surface area contributed by atoms with E-state index in [1.54, 1.807) is 26.4 Å². The molecule has 0 bridgehead atoms. The summed E-state index contributed by atoms with van der Waals surface area (Å²) in [6.07, 6.45) is 5.14. The molecule has 2 aromatic heterocycles. The van der Waals surface area contributed by atoms with Crippen LogP contribution in [0.25, 0.3) is 0 Å². The number of aromatic amines is 1. The molecule has 0 spiro atoms. The largest absolute Gasteiger partial charge is 0.477 e. The Bertz CT molecular complexity index is 628. The molecule has 0 unspecified atom stereocenters. The van der Waals surface area contributed by atoms with Gasteiger partial charge >= 0.3 is 5.97 Å². The second-order valence-electron chi connectivity index (χ2n) is 4.49. The lowest BCUT2D eigenvalue weighted by molar-refractivity contribution is 0.0690. The predicted molar refractivity (Wildman–Crippen MR) is 71.8 cm³/mol. The molecule has 2 rings (SSSR count). The van der Waals surface area contributed by atoms with Crippen molar-refractivity contribution in [2.75, 3.05) is 6.54 Å². The van der Waals surface area contributed by atoms with Crippen LogP contribution in [0.1, 0.15) is 32.1 Å². The maximum atomic E-state index is 12.1. The average molecular weight is 276 g/mol. The van der Waals surface area contributed by atoms with Crippen LogP contribution in [0.15, 0.2) is 18.7 Å². The number of carboxylic acids is 1. The number of nitrogens with zero attached hydrogens (tertiary/aromatic N) is 2. The zero-order valence-electron chi connectivity index (χ0n) is 11.3. The second kappa shape index (κ2) is 5.60. The number of aromatic carboxylic acids is 1. The van der Waals surface area contributed by atoms with Gasteiger partial charge in [-0.2, -0.15) is 0 Å². The third kappa shape index (κ3) is 2.71. The molecule has 0 fully saturated rings. The monoisotopic (exact) mass is 276 g/mol. The van der Waals surface area contributed by atoms with E-state index in [2.05, 4.69) is 15.3 Å². The van der Waals surface area contributed by atoms with E-state index in [9.17, 15) is 9.59 Å². The number of nitrogens with one attached hydrogen (secondary N) is 2. The summed E-state index contributed by atoms with van der Waals surface area (Å²) < 4.78 is 1.85. The molecule has 2 heterocycles. The predicted octanol–water partition coefficient (Wildman–Crippen LogP) is 0.956. The quantitative estimate of drug-likeness (QED) is 0.757. The number of aromatic nitrogens is 3. The van der Waals surface area contributed by atoms with Gasteiger partial charge in [-0.1, -0.05) is 0 Å². The number of hydrogen-bond donors (Lipinski definition) is 3. The zero-order valence-corrected chi connectivity index (χ0v) is 11.3. The lowest BCUT2D eigenvalue weighted by atomic mass is 10.1. The lowest BCUT2D eigenvalue weighted by Gasteiger charge is -2.06. The highest BCUT2D eigenvalue weighted by molar-refractivity contribution is 6.00. The fourth-order valence-electron chi connectivity index (χ4n) is 2.11. The van der Waals surface area contributed by atoms with Crippen molar-refractivity contribution in [1.82, 2.24) is 19.9 Å². The third-order valence-corrected chi connectivity index (χ3v) is 3.09. The van der Waals surface area contributed by atoms with Crippen LogP contribution < -0.4 is 5.32 Å². The molecule has 0 aliphatic heterocycles.